The van der Waals surface area contributed by atoms with Gasteiger partial charge in [0.25, 0.3) is 5.91 Å². The van der Waals surface area contributed by atoms with Gasteiger partial charge in [-0.3, -0.25) is 14.4 Å². The van der Waals surface area contributed by atoms with Gasteiger partial charge < -0.3 is 15.7 Å². The number of rotatable bonds is 11. The molecule has 0 aliphatic heterocycles. The van der Waals surface area contributed by atoms with Gasteiger partial charge in [-0.15, -0.1) is 0 Å². The number of allylic oxidation sites excluding steroid dienone is 2. The Morgan fingerprint density at radius 3 is 2.42 bits per heavy atom. The van der Waals surface area contributed by atoms with E-state index in [4.69, 9.17) is 5.11 Å². The Hall–Kier alpha value is -4.16. The molecule has 0 saturated carbocycles. The molecular formula is C33H30F3N3O4S2. The molecular weight excluding hydrogens is 624 g/mol. The van der Waals surface area contributed by atoms with E-state index in [9.17, 15) is 27.6 Å². The number of carbonyl (C=O) groups is 3. The van der Waals surface area contributed by atoms with Crippen molar-refractivity contribution in [2.75, 3.05) is 11.9 Å². The molecule has 3 aromatic carbocycles. The first-order chi connectivity index (χ1) is 21.5. The minimum absolute atomic E-state index is 0.0132. The first-order valence-corrected chi connectivity index (χ1v) is 16.0. The monoisotopic (exact) mass is 653 g/mol. The van der Waals surface area contributed by atoms with E-state index in [0.717, 1.165) is 47.3 Å². The highest BCUT2D eigenvalue weighted by Gasteiger charge is 2.29. The highest BCUT2D eigenvalue weighted by molar-refractivity contribution is 8.00. The van der Waals surface area contributed by atoms with E-state index in [1.807, 2.05) is 24.3 Å². The summed E-state index contributed by atoms with van der Waals surface area (Å²) in [5.41, 5.74) is 0.447. The summed E-state index contributed by atoms with van der Waals surface area (Å²) in [5, 5.41) is 14.5. The van der Waals surface area contributed by atoms with Crippen LogP contribution < -0.4 is 10.6 Å². The summed E-state index contributed by atoms with van der Waals surface area (Å²) in [6.45, 7) is 0.0132. The second kappa shape index (κ2) is 14.3. The summed E-state index contributed by atoms with van der Waals surface area (Å²) in [6.07, 6.45) is 6.78. The second-order valence-corrected chi connectivity index (χ2v) is 12.8. The molecule has 0 saturated heterocycles. The zero-order valence-corrected chi connectivity index (χ0v) is 25.7. The van der Waals surface area contributed by atoms with Gasteiger partial charge in [0.2, 0.25) is 5.91 Å². The number of halogens is 3. The molecule has 0 bridgehead atoms. The highest BCUT2D eigenvalue weighted by Crippen LogP contribution is 2.39. The van der Waals surface area contributed by atoms with E-state index in [0.29, 0.717) is 22.2 Å². The molecule has 0 spiro atoms. The van der Waals surface area contributed by atoms with Gasteiger partial charge in [-0.05, 0) is 96.5 Å². The third-order valence-electron chi connectivity index (χ3n) is 7.40. The quantitative estimate of drug-likeness (QED) is 0.142. The molecule has 7 nitrogen and oxygen atoms in total. The van der Waals surface area contributed by atoms with E-state index in [2.05, 4.69) is 21.7 Å². The van der Waals surface area contributed by atoms with Gasteiger partial charge in [0.15, 0.2) is 5.13 Å². The number of hydrogen-bond donors (Lipinski definition) is 3. The maximum absolute atomic E-state index is 13.8. The van der Waals surface area contributed by atoms with Crippen LogP contribution in [0.4, 0.5) is 18.3 Å². The average molecular weight is 654 g/mol. The summed E-state index contributed by atoms with van der Waals surface area (Å²) in [7, 11) is 0. The number of anilines is 1. The fourth-order valence-electron chi connectivity index (χ4n) is 5.15. The molecule has 1 aliphatic carbocycles. The first kappa shape index (κ1) is 32.2. The number of thioether (sulfide) groups is 1. The molecule has 4 aromatic rings. The lowest BCUT2D eigenvalue weighted by molar-refractivity contribution is -0.136. The van der Waals surface area contributed by atoms with Crippen molar-refractivity contribution in [3.05, 3.63) is 95.1 Å². The summed E-state index contributed by atoms with van der Waals surface area (Å²) in [6, 6.07) is 19.0. The minimum Gasteiger partial charge on any atom is -0.481 e. The number of fused-ring (bicyclic) bond motifs is 1. The molecule has 1 aromatic heterocycles. The van der Waals surface area contributed by atoms with Crippen molar-refractivity contribution in [1.29, 1.82) is 0 Å². The lowest BCUT2D eigenvalue weighted by atomic mass is 9.88. The predicted molar refractivity (Wildman–Crippen MR) is 171 cm³/mol. The van der Waals surface area contributed by atoms with Crippen molar-refractivity contribution in [2.24, 2.45) is 0 Å². The van der Waals surface area contributed by atoms with Crippen molar-refractivity contribution < 1.29 is 32.7 Å². The highest BCUT2D eigenvalue weighted by atomic mass is 32.2. The molecule has 1 unspecified atom stereocenters. The van der Waals surface area contributed by atoms with Crippen LogP contribution in [0.15, 0.2) is 77.7 Å². The van der Waals surface area contributed by atoms with Crippen LogP contribution in [0.3, 0.4) is 0 Å². The normalized spacial score (nSPS) is 14.1. The summed E-state index contributed by atoms with van der Waals surface area (Å²) in [4.78, 5) is 41.3. The van der Waals surface area contributed by atoms with E-state index in [1.54, 1.807) is 24.3 Å². The molecule has 1 atom stereocenters. The Bertz CT molecular complexity index is 1720. The third-order valence-corrected chi connectivity index (χ3v) is 9.05. The Morgan fingerprint density at radius 1 is 1.00 bits per heavy atom. The SMILES string of the molecule is O=C(O)CCNC(=O)c1ccc(CC(C(=O)Nc2nc3ccc(SC(F)(F)F)cc3s2)c2ccc(C3=CCCCC3)cc2)cc1. The van der Waals surface area contributed by atoms with Crippen molar-refractivity contribution in [1.82, 2.24) is 10.3 Å². The number of carbonyl (C=O) groups excluding carboxylic acids is 2. The van der Waals surface area contributed by atoms with Crippen molar-refractivity contribution >= 4 is 61.8 Å². The standard InChI is InChI=1S/C33H30F3N3O4S2/c34-33(35,36)45-25-14-15-27-28(19-25)44-32(38-27)39-31(43)26(23-12-10-22(11-13-23)21-4-2-1-3-5-21)18-20-6-8-24(9-7-20)30(42)37-17-16-29(40)41/h4,6-15,19,26H,1-3,5,16-18H2,(H,37,42)(H,40,41)(H,38,39,43). The van der Waals surface area contributed by atoms with E-state index < -0.39 is 23.3 Å². The van der Waals surface area contributed by atoms with Crippen LogP contribution in [-0.4, -0.2) is 39.9 Å². The average Bonchev–Trinajstić information content (AvgIpc) is 3.41. The number of hydrogen-bond acceptors (Lipinski definition) is 6. The maximum Gasteiger partial charge on any atom is 0.446 e. The minimum atomic E-state index is -4.41. The number of nitrogens with one attached hydrogen (secondary N) is 2. The molecule has 1 aliphatic rings. The Kier molecular flexibility index (Phi) is 10.2. The molecule has 2 amide bonds. The van der Waals surface area contributed by atoms with Crippen molar-refractivity contribution in [3.8, 4) is 0 Å². The number of thiazole rings is 1. The van der Waals surface area contributed by atoms with E-state index in [1.165, 1.54) is 30.2 Å². The fourth-order valence-corrected chi connectivity index (χ4v) is 6.72. The van der Waals surface area contributed by atoms with Crippen LogP contribution in [0, 0.1) is 0 Å². The molecule has 3 N–H and O–H groups in total. The number of alkyl halides is 3. The van der Waals surface area contributed by atoms with Gasteiger partial charge in [0, 0.05) is 17.0 Å². The van der Waals surface area contributed by atoms with Gasteiger partial charge in [-0.1, -0.05) is 53.8 Å². The second-order valence-electron chi connectivity index (χ2n) is 10.6. The molecule has 45 heavy (non-hydrogen) atoms. The van der Waals surface area contributed by atoms with Crippen molar-refractivity contribution in [2.45, 2.75) is 54.8 Å². The molecule has 5 rings (SSSR count). The maximum atomic E-state index is 13.8. The third kappa shape index (κ3) is 8.95. The van der Waals surface area contributed by atoms with E-state index >= 15 is 0 Å². The summed E-state index contributed by atoms with van der Waals surface area (Å²) < 4.78 is 39.1. The lowest BCUT2D eigenvalue weighted by Crippen LogP contribution is -2.26. The number of carboxylic acid groups (broad SMARTS) is 1. The van der Waals surface area contributed by atoms with Crippen LogP contribution in [0.5, 0.6) is 0 Å². The van der Waals surface area contributed by atoms with Gasteiger partial charge in [0.05, 0.1) is 22.6 Å². The van der Waals surface area contributed by atoms with Crippen LogP contribution in [0.25, 0.3) is 15.8 Å². The predicted octanol–water partition coefficient (Wildman–Crippen LogP) is 8.04. The molecule has 0 fully saturated rings. The summed E-state index contributed by atoms with van der Waals surface area (Å²) in [5.74, 6) is -2.34. The van der Waals surface area contributed by atoms with Gasteiger partial charge in [-0.25, -0.2) is 4.98 Å². The number of nitrogens with zero attached hydrogens (tertiary/aromatic N) is 1. The zero-order chi connectivity index (χ0) is 32.0. The van der Waals surface area contributed by atoms with Crippen molar-refractivity contribution in [3.63, 3.8) is 0 Å². The van der Waals surface area contributed by atoms with Gasteiger partial charge in [0.1, 0.15) is 0 Å². The summed E-state index contributed by atoms with van der Waals surface area (Å²) >= 11 is 0.907. The molecule has 12 heteroatoms. The van der Waals surface area contributed by atoms with Crippen LogP contribution in [-0.2, 0) is 16.0 Å². The topological polar surface area (TPSA) is 108 Å². The molecule has 0 radical (unpaired) electrons. The Labute approximate surface area is 265 Å². The molecule has 234 valence electrons. The van der Waals surface area contributed by atoms with Crippen LogP contribution >= 0.6 is 23.1 Å². The Balaban J connectivity index is 1.36. The van der Waals surface area contributed by atoms with Crippen LogP contribution in [0.1, 0.15) is 65.1 Å². The van der Waals surface area contributed by atoms with Gasteiger partial charge >= 0.3 is 11.5 Å². The fraction of sp³-hybridized carbons (Fsp3) is 0.273. The number of aliphatic carboxylic acids is 1. The first-order valence-electron chi connectivity index (χ1n) is 14.4. The number of aromatic nitrogens is 1. The lowest BCUT2D eigenvalue weighted by Gasteiger charge is -2.18. The Morgan fingerprint density at radius 2 is 1.76 bits per heavy atom. The molecule has 1 heterocycles. The van der Waals surface area contributed by atoms with E-state index in [-0.39, 0.29) is 40.7 Å². The van der Waals surface area contributed by atoms with Crippen LogP contribution in [0.2, 0.25) is 0 Å². The number of carboxylic acids is 1. The van der Waals surface area contributed by atoms with Gasteiger partial charge in [-0.2, -0.15) is 13.2 Å². The number of benzene rings is 3. The smallest absolute Gasteiger partial charge is 0.446 e. The number of amides is 2. The largest absolute Gasteiger partial charge is 0.481 e. The zero-order valence-electron chi connectivity index (χ0n) is 24.0.